The molecule has 0 bridgehead atoms. The van der Waals surface area contributed by atoms with Crippen LogP contribution >= 0.6 is 0 Å². The number of methoxy groups -OCH3 is 2. The summed E-state index contributed by atoms with van der Waals surface area (Å²) < 4.78 is 23.5. The quantitative estimate of drug-likeness (QED) is 0.265. The summed E-state index contributed by atoms with van der Waals surface area (Å²) in [6, 6.07) is 6.42. The van der Waals surface area contributed by atoms with Crippen LogP contribution in [0.25, 0.3) is 0 Å². The third kappa shape index (κ3) is 6.16. The Kier molecular flexibility index (Phi) is 9.18. The Labute approximate surface area is 276 Å². The van der Waals surface area contributed by atoms with E-state index in [1.165, 1.54) is 0 Å². The number of hydrogen-bond acceptors (Lipinski definition) is 9. The van der Waals surface area contributed by atoms with Gasteiger partial charge in [-0.2, -0.15) is 0 Å². The number of unbranched alkanes of at least 4 members (excludes halogenated alkanes) is 2. The summed E-state index contributed by atoms with van der Waals surface area (Å²) in [5.41, 5.74) is 4.41. The van der Waals surface area contributed by atoms with Crippen LogP contribution in [0.5, 0.6) is 23.0 Å². The highest BCUT2D eigenvalue weighted by Crippen LogP contribution is 2.42. The Morgan fingerprint density at radius 3 is 2.06 bits per heavy atom. The van der Waals surface area contributed by atoms with Gasteiger partial charge in [-0.1, -0.05) is 23.3 Å². The molecule has 0 saturated carbocycles. The van der Waals surface area contributed by atoms with Crippen LogP contribution in [0.15, 0.2) is 52.6 Å². The SMILES string of the molecule is COc1cc2c(cc1OCCCCCOc1cc3c(cc1OC)C(=O)N1CC(C)=C[C@H]1C(O)N3C(C)C)N=C[C@@H]1C=C(C)CN1C2=O. The number of carbonyl (C=O) groups is 2. The van der Waals surface area contributed by atoms with Crippen molar-refractivity contribution in [1.82, 2.24) is 9.80 Å². The highest BCUT2D eigenvalue weighted by atomic mass is 16.5. The molecule has 4 heterocycles. The predicted molar refractivity (Wildman–Crippen MR) is 180 cm³/mol. The van der Waals surface area contributed by atoms with E-state index >= 15 is 0 Å². The fourth-order valence-corrected chi connectivity index (χ4v) is 6.81. The van der Waals surface area contributed by atoms with Gasteiger partial charge in [0.1, 0.15) is 0 Å². The number of rotatable bonds is 11. The van der Waals surface area contributed by atoms with Gasteiger partial charge in [0, 0.05) is 37.5 Å². The van der Waals surface area contributed by atoms with Crippen molar-refractivity contribution in [1.29, 1.82) is 0 Å². The minimum absolute atomic E-state index is 0.0589. The fraction of sp³-hybridized carbons (Fsp3) is 0.472. The largest absolute Gasteiger partial charge is 0.493 e. The first-order valence-corrected chi connectivity index (χ1v) is 16.3. The molecule has 2 aromatic rings. The summed E-state index contributed by atoms with van der Waals surface area (Å²) in [4.78, 5) is 36.9. The first-order valence-electron chi connectivity index (χ1n) is 16.3. The number of aliphatic hydroxyl groups is 1. The molecular formula is C36H44N4O7. The molecule has 0 radical (unpaired) electrons. The first-order chi connectivity index (χ1) is 22.6. The van der Waals surface area contributed by atoms with Crippen LogP contribution in [-0.2, 0) is 0 Å². The monoisotopic (exact) mass is 644 g/mol. The maximum absolute atomic E-state index is 13.6. The number of ether oxygens (including phenoxy) is 4. The van der Waals surface area contributed by atoms with Crippen LogP contribution < -0.4 is 23.8 Å². The van der Waals surface area contributed by atoms with Crippen molar-refractivity contribution < 1.29 is 33.6 Å². The minimum atomic E-state index is -0.886. The second-order valence-electron chi connectivity index (χ2n) is 12.9. The molecule has 4 aliphatic heterocycles. The zero-order chi connectivity index (χ0) is 33.4. The van der Waals surface area contributed by atoms with E-state index in [9.17, 15) is 14.7 Å². The van der Waals surface area contributed by atoms with Crippen molar-refractivity contribution in [2.75, 3.05) is 45.4 Å². The van der Waals surface area contributed by atoms with Crippen LogP contribution in [-0.4, -0.2) is 97.8 Å². The average molecular weight is 645 g/mol. The van der Waals surface area contributed by atoms with Gasteiger partial charge in [-0.15, -0.1) is 0 Å². The van der Waals surface area contributed by atoms with Crippen LogP contribution in [0.3, 0.4) is 0 Å². The zero-order valence-electron chi connectivity index (χ0n) is 28.0. The van der Waals surface area contributed by atoms with Crippen molar-refractivity contribution in [3.63, 3.8) is 0 Å². The van der Waals surface area contributed by atoms with E-state index in [-0.39, 0.29) is 23.9 Å². The number of hydrogen-bond donors (Lipinski definition) is 1. The minimum Gasteiger partial charge on any atom is -0.493 e. The molecule has 0 aromatic heterocycles. The molecule has 0 aliphatic carbocycles. The summed E-state index contributed by atoms with van der Waals surface area (Å²) in [5.74, 6) is 1.84. The van der Waals surface area contributed by atoms with E-state index in [4.69, 9.17) is 18.9 Å². The zero-order valence-corrected chi connectivity index (χ0v) is 28.0. The van der Waals surface area contributed by atoms with E-state index < -0.39 is 12.3 Å². The molecule has 4 aliphatic rings. The summed E-state index contributed by atoms with van der Waals surface area (Å²) in [6.07, 6.45) is 7.34. The molecule has 250 valence electrons. The number of amides is 2. The molecule has 0 saturated heterocycles. The lowest BCUT2D eigenvalue weighted by Crippen LogP contribution is -2.50. The first kappa shape index (κ1) is 32.4. The number of nitrogens with zero attached hydrogens (tertiary/aromatic N) is 4. The number of anilines is 1. The molecule has 2 aromatic carbocycles. The maximum atomic E-state index is 13.6. The Morgan fingerprint density at radius 2 is 1.40 bits per heavy atom. The van der Waals surface area contributed by atoms with E-state index in [2.05, 4.69) is 11.1 Å². The summed E-state index contributed by atoms with van der Waals surface area (Å²) in [5, 5.41) is 11.4. The van der Waals surface area contributed by atoms with E-state index in [0.717, 1.165) is 30.4 Å². The average Bonchev–Trinajstić information content (AvgIpc) is 3.58. The summed E-state index contributed by atoms with van der Waals surface area (Å²) in [7, 11) is 3.13. The van der Waals surface area contributed by atoms with Gasteiger partial charge in [0.05, 0.1) is 62.0 Å². The molecular weight excluding hydrogens is 600 g/mol. The van der Waals surface area contributed by atoms with Crippen LogP contribution in [0.2, 0.25) is 0 Å². The van der Waals surface area contributed by atoms with Gasteiger partial charge in [0.25, 0.3) is 11.8 Å². The van der Waals surface area contributed by atoms with Crippen molar-refractivity contribution in [2.24, 2.45) is 4.99 Å². The van der Waals surface area contributed by atoms with E-state index in [0.29, 0.717) is 71.8 Å². The molecule has 1 unspecified atom stereocenters. The number of carbonyl (C=O) groups excluding carboxylic acids is 2. The van der Waals surface area contributed by atoms with Crippen LogP contribution in [0, 0.1) is 0 Å². The molecule has 47 heavy (non-hydrogen) atoms. The smallest absolute Gasteiger partial charge is 0.257 e. The van der Waals surface area contributed by atoms with Gasteiger partial charge in [-0.05, 0) is 59.1 Å². The third-order valence-electron chi connectivity index (χ3n) is 9.11. The van der Waals surface area contributed by atoms with Gasteiger partial charge in [-0.3, -0.25) is 14.6 Å². The highest BCUT2D eigenvalue weighted by Gasteiger charge is 2.42. The number of aliphatic imine (C=N–C) groups is 1. The second kappa shape index (κ2) is 13.3. The third-order valence-corrected chi connectivity index (χ3v) is 9.11. The van der Waals surface area contributed by atoms with Gasteiger partial charge in [0.15, 0.2) is 29.2 Å². The topological polar surface area (TPSA) is 113 Å². The van der Waals surface area contributed by atoms with Crippen LogP contribution in [0.4, 0.5) is 11.4 Å². The fourth-order valence-electron chi connectivity index (χ4n) is 6.81. The lowest BCUT2D eigenvalue weighted by atomic mass is 10.1. The van der Waals surface area contributed by atoms with Gasteiger partial charge >= 0.3 is 0 Å². The normalized spacial score (nSPS) is 21.4. The number of benzene rings is 2. The predicted octanol–water partition coefficient (Wildman–Crippen LogP) is 5.14. The number of fused-ring (bicyclic) bond motifs is 4. The van der Waals surface area contributed by atoms with E-state index in [1.54, 1.807) is 48.4 Å². The standard InChI is InChI=1S/C36H44N4O7/c1-21(2)40-28-17-33(31(45-6)15-26(28)35(42)39-20-23(4)13-29(39)36(40)43)47-11-9-7-8-10-46-32-16-27-25(14-30(32)44-5)34(41)38-19-22(3)12-24(38)18-37-27/h12-18,21,24,29,36,43H,7-11,19-20H2,1-6H3/t24-,29-,36?/m0/s1. The lowest BCUT2D eigenvalue weighted by Gasteiger charge is -2.36. The van der Waals surface area contributed by atoms with Crippen molar-refractivity contribution >= 4 is 29.4 Å². The molecule has 11 nitrogen and oxygen atoms in total. The molecule has 6 rings (SSSR count). The Bertz CT molecular complexity index is 1650. The summed E-state index contributed by atoms with van der Waals surface area (Å²) in [6.45, 7) is 9.97. The molecule has 0 spiro atoms. The van der Waals surface area contributed by atoms with Crippen molar-refractivity contribution in [3.05, 3.63) is 58.7 Å². The molecule has 2 amide bonds. The Balaban J connectivity index is 1.07. The van der Waals surface area contributed by atoms with Gasteiger partial charge in [0.2, 0.25) is 0 Å². The Morgan fingerprint density at radius 1 is 0.809 bits per heavy atom. The lowest BCUT2D eigenvalue weighted by molar-refractivity contribution is 0.0556. The molecule has 0 fully saturated rings. The van der Waals surface area contributed by atoms with Crippen molar-refractivity contribution in [3.8, 4) is 23.0 Å². The van der Waals surface area contributed by atoms with E-state index in [1.807, 2.05) is 44.7 Å². The molecule has 3 atom stereocenters. The van der Waals surface area contributed by atoms with Crippen molar-refractivity contribution in [2.45, 2.75) is 71.3 Å². The molecule has 1 N–H and O–H groups in total. The number of aliphatic hydroxyl groups excluding tert-OH is 1. The molecule has 11 heteroatoms. The van der Waals surface area contributed by atoms with Gasteiger partial charge in [-0.25, -0.2) is 0 Å². The Hall–Kier alpha value is -4.51. The van der Waals surface area contributed by atoms with Crippen LogP contribution in [0.1, 0.15) is 67.7 Å². The summed E-state index contributed by atoms with van der Waals surface area (Å²) >= 11 is 0. The maximum Gasteiger partial charge on any atom is 0.257 e. The second-order valence-corrected chi connectivity index (χ2v) is 12.9. The highest BCUT2D eigenvalue weighted by molar-refractivity contribution is 6.04. The van der Waals surface area contributed by atoms with Gasteiger partial charge < -0.3 is 38.8 Å².